The van der Waals surface area contributed by atoms with E-state index in [0.717, 1.165) is 27.7 Å². The minimum absolute atomic E-state index is 0.159. The van der Waals surface area contributed by atoms with Crippen molar-refractivity contribution in [1.82, 2.24) is 14.1 Å². The Hall–Kier alpha value is -3.30. The molecule has 0 fully saturated rings. The summed E-state index contributed by atoms with van der Waals surface area (Å²) < 4.78 is 43.6. The quantitative estimate of drug-likeness (QED) is 0.367. The Labute approximate surface area is 207 Å². The molecule has 0 amide bonds. The standard InChI is InChI=1S/C27H29F2N3O4/c1-16-18(26(33)34)5-7-23-24(16)30-25(32(23)11-13-36-3)17-4-6-21-19(14-17)20-15-27(28,29)9-8-22(20)31(21)10-12-35-2/h4-7,14H,8-13,15H2,1-3H3,(H,33,34). The van der Waals surface area contributed by atoms with E-state index >= 15 is 0 Å². The first-order valence-corrected chi connectivity index (χ1v) is 12.0. The van der Waals surface area contributed by atoms with Gasteiger partial charge in [0.15, 0.2) is 0 Å². The number of hydrogen-bond donors (Lipinski definition) is 1. The van der Waals surface area contributed by atoms with Gasteiger partial charge in [0.25, 0.3) is 5.92 Å². The number of hydrogen-bond acceptors (Lipinski definition) is 4. The van der Waals surface area contributed by atoms with Crippen LogP contribution in [0.2, 0.25) is 0 Å². The van der Waals surface area contributed by atoms with E-state index in [1.807, 2.05) is 22.8 Å². The zero-order valence-electron chi connectivity index (χ0n) is 20.6. The second-order valence-electron chi connectivity index (χ2n) is 9.33. The normalized spacial score (nSPS) is 15.0. The van der Waals surface area contributed by atoms with E-state index < -0.39 is 11.9 Å². The zero-order chi connectivity index (χ0) is 25.6. The van der Waals surface area contributed by atoms with Crippen LogP contribution in [-0.4, -0.2) is 58.5 Å². The number of benzene rings is 2. The summed E-state index contributed by atoms with van der Waals surface area (Å²) >= 11 is 0. The van der Waals surface area contributed by atoms with Crippen molar-refractivity contribution in [3.05, 3.63) is 52.7 Å². The molecular weight excluding hydrogens is 468 g/mol. The molecule has 4 aromatic rings. The number of aromatic nitrogens is 3. The predicted octanol–water partition coefficient (Wildman–Crippen LogP) is 5.08. The molecule has 2 heterocycles. The second-order valence-corrected chi connectivity index (χ2v) is 9.33. The Bertz CT molecular complexity index is 1470. The molecule has 0 saturated heterocycles. The van der Waals surface area contributed by atoms with Gasteiger partial charge in [0.05, 0.1) is 29.8 Å². The Kier molecular flexibility index (Phi) is 6.30. The average Bonchev–Trinajstić information content (AvgIpc) is 3.36. The van der Waals surface area contributed by atoms with E-state index in [1.54, 1.807) is 33.3 Å². The van der Waals surface area contributed by atoms with Crippen molar-refractivity contribution in [3.63, 3.8) is 0 Å². The maximum atomic E-state index is 14.5. The van der Waals surface area contributed by atoms with Gasteiger partial charge in [-0.2, -0.15) is 0 Å². The minimum atomic E-state index is -2.74. The van der Waals surface area contributed by atoms with Crippen molar-refractivity contribution in [3.8, 4) is 11.4 Å². The molecule has 7 nitrogen and oxygen atoms in total. The first-order chi connectivity index (χ1) is 17.3. The number of alkyl halides is 2. The van der Waals surface area contributed by atoms with Crippen LogP contribution in [0.3, 0.4) is 0 Å². The maximum Gasteiger partial charge on any atom is 0.336 e. The van der Waals surface area contributed by atoms with Gasteiger partial charge in [0.2, 0.25) is 0 Å². The smallest absolute Gasteiger partial charge is 0.336 e. The highest BCUT2D eigenvalue weighted by atomic mass is 19.3. The number of halogens is 2. The average molecular weight is 498 g/mol. The van der Waals surface area contributed by atoms with Crippen molar-refractivity contribution >= 4 is 27.9 Å². The molecule has 36 heavy (non-hydrogen) atoms. The molecule has 0 saturated carbocycles. The van der Waals surface area contributed by atoms with Crippen molar-refractivity contribution in [1.29, 1.82) is 0 Å². The Morgan fingerprint density at radius 2 is 1.78 bits per heavy atom. The first kappa shape index (κ1) is 24.4. The van der Waals surface area contributed by atoms with Crippen LogP contribution in [0.5, 0.6) is 0 Å². The van der Waals surface area contributed by atoms with Crippen LogP contribution in [0.25, 0.3) is 33.3 Å². The molecular formula is C27H29F2N3O4. The summed E-state index contributed by atoms with van der Waals surface area (Å²) in [4.78, 5) is 16.5. The summed E-state index contributed by atoms with van der Waals surface area (Å²) in [5, 5.41) is 10.4. The number of ether oxygens (including phenoxy) is 2. The van der Waals surface area contributed by atoms with Crippen molar-refractivity contribution in [2.24, 2.45) is 0 Å². The predicted molar refractivity (Wildman–Crippen MR) is 133 cm³/mol. The van der Waals surface area contributed by atoms with Gasteiger partial charge >= 0.3 is 5.97 Å². The third-order valence-electron chi connectivity index (χ3n) is 7.15. The van der Waals surface area contributed by atoms with Gasteiger partial charge in [-0.15, -0.1) is 0 Å². The van der Waals surface area contributed by atoms with Crippen molar-refractivity contribution in [2.45, 2.75) is 45.2 Å². The van der Waals surface area contributed by atoms with Crippen molar-refractivity contribution < 1.29 is 28.2 Å². The molecule has 9 heteroatoms. The topological polar surface area (TPSA) is 78.5 Å². The van der Waals surface area contributed by atoms with Crippen LogP contribution in [-0.2, 0) is 35.4 Å². The number of aromatic carboxylic acids is 1. The molecule has 0 aliphatic heterocycles. The molecule has 1 aliphatic rings. The summed E-state index contributed by atoms with van der Waals surface area (Å²) in [6.45, 7) is 3.79. The number of fused-ring (bicyclic) bond motifs is 4. The van der Waals surface area contributed by atoms with Gasteiger partial charge in [-0.1, -0.05) is 0 Å². The highest BCUT2D eigenvalue weighted by Gasteiger charge is 2.37. The fourth-order valence-corrected chi connectivity index (χ4v) is 5.37. The van der Waals surface area contributed by atoms with Crippen LogP contribution in [0.4, 0.5) is 8.78 Å². The van der Waals surface area contributed by atoms with E-state index in [2.05, 4.69) is 4.57 Å². The lowest BCUT2D eigenvalue weighted by Crippen LogP contribution is -2.26. The Morgan fingerprint density at radius 1 is 1.08 bits per heavy atom. The molecule has 190 valence electrons. The van der Waals surface area contributed by atoms with E-state index in [0.29, 0.717) is 55.2 Å². The summed E-state index contributed by atoms with van der Waals surface area (Å²) in [5.74, 6) is -3.09. The SMILES string of the molecule is COCCn1c2c(c3cc(-c4nc5c(C)c(C(=O)O)ccc5n4CCOC)ccc31)CC(F)(F)CC2. The number of nitrogens with zero attached hydrogens (tertiary/aromatic N) is 3. The Morgan fingerprint density at radius 3 is 2.47 bits per heavy atom. The van der Waals surface area contributed by atoms with Crippen LogP contribution in [0.1, 0.15) is 33.6 Å². The summed E-state index contributed by atoms with van der Waals surface area (Å²) in [5.41, 5.74) is 5.51. The molecule has 1 N–H and O–H groups in total. The first-order valence-electron chi connectivity index (χ1n) is 12.0. The molecule has 0 unspecified atom stereocenters. The highest BCUT2D eigenvalue weighted by Crippen LogP contribution is 2.40. The van der Waals surface area contributed by atoms with Gasteiger partial charge in [-0.3, -0.25) is 0 Å². The van der Waals surface area contributed by atoms with Crippen LogP contribution in [0.15, 0.2) is 30.3 Å². The molecule has 0 atom stereocenters. The summed E-state index contributed by atoms with van der Waals surface area (Å²) in [7, 11) is 3.25. The summed E-state index contributed by atoms with van der Waals surface area (Å²) in [6, 6.07) is 9.21. The van der Waals surface area contributed by atoms with E-state index in [1.165, 1.54) is 0 Å². The lowest BCUT2D eigenvalue weighted by molar-refractivity contribution is -0.0126. The molecule has 0 bridgehead atoms. The minimum Gasteiger partial charge on any atom is -0.478 e. The number of carbonyl (C=O) groups is 1. The molecule has 1 aliphatic carbocycles. The third-order valence-corrected chi connectivity index (χ3v) is 7.15. The van der Waals surface area contributed by atoms with Gasteiger partial charge in [0, 0.05) is 62.3 Å². The van der Waals surface area contributed by atoms with Gasteiger partial charge < -0.3 is 23.7 Å². The lowest BCUT2D eigenvalue weighted by atomic mass is 9.92. The van der Waals surface area contributed by atoms with Crippen LogP contribution >= 0.6 is 0 Å². The fourth-order valence-electron chi connectivity index (χ4n) is 5.37. The maximum absolute atomic E-state index is 14.5. The number of carboxylic acid groups (broad SMARTS) is 1. The summed E-state index contributed by atoms with van der Waals surface area (Å²) in [6.07, 6.45) is -0.128. The number of rotatable bonds is 8. The molecule has 2 aromatic carbocycles. The fraction of sp³-hybridized carbons (Fsp3) is 0.407. The largest absolute Gasteiger partial charge is 0.478 e. The van der Waals surface area contributed by atoms with E-state index in [-0.39, 0.29) is 18.4 Å². The molecule has 0 spiro atoms. The van der Waals surface area contributed by atoms with Gasteiger partial charge in [-0.25, -0.2) is 18.6 Å². The van der Waals surface area contributed by atoms with E-state index in [9.17, 15) is 18.7 Å². The monoisotopic (exact) mass is 497 g/mol. The molecule has 2 aromatic heterocycles. The molecule has 5 rings (SSSR count). The zero-order valence-corrected chi connectivity index (χ0v) is 20.6. The van der Waals surface area contributed by atoms with Crippen LogP contribution in [0, 0.1) is 6.92 Å². The number of imidazole rings is 1. The second kappa shape index (κ2) is 9.29. The molecule has 0 radical (unpaired) electrons. The lowest BCUT2D eigenvalue weighted by Gasteiger charge is -2.23. The van der Waals surface area contributed by atoms with Crippen molar-refractivity contribution in [2.75, 3.05) is 27.4 Å². The van der Waals surface area contributed by atoms with Gasteiger partial charge in [-0.05, 0) is 54.8 Å². The van der Waals surface area contributed by atoms with E-state index in [4.69, 9.17) is 14.5 Å². The van der Waals surface area contributed by atoms with Crippen LogP contribution < -0.4 is 0 Å². The highest BCUT2D eigenvalue weighted by molar-refractivity contribution is 5.97. The Balaban J connectivity index is 1.72. The third kappa shape index (κ3) is 4.06. The number of methoxy groups -OCH3 is 2. The number of aryl methyl sites for hydroxylation is 1. The van der Waals surface area contributed by atoms with Gasteiger partial charge in [0.1, 0.15) is 5.82 Å². The number of carboxylic acids is 1.